The van der Waals surface area contributed by atoms with Crippen LogP contribution in [0, 0.1) is 17.6 Å². The summed E-state index contributed by atoms with van der Waals surface area (Å²) in [5, 5.41) is 3.36. The number of aromatic nitrogens is 2. The number of benzene rings is 2. The second-order valence-corrected chi connectivity index (χ2v) is 8.13. The highest BCUT2D eigenvalue weighted by molar-refractivity contribution is 5.76. The third-order valence-electron chi connectivity index (χ3n) is 5.55. The normalized spacial score (nSPS) is 14.1. The van der Waals surface area contributed by atoms with Crippen LogP contribution in [0.1, 0.15) is 33.0 Å². The number of halogens is 2. The number of allylic oxidation sites excluding steroid dienone is 2. The quantitative estimate of drug-likeness (QED) is 0.503. The molecule has 1 aliphatic rings. The van der Waals surface area contributed by atoms with Crippen molar-refractivity contribution in [3.05, 3.63) is 77.8 Å². The lowest BCUT2D eigenvalue weighted by Gasteiger charge is -2.34. The highest BCUT2D eigenvalue weighted by Gasteiger charge is 2.26. The van der Waals surface area contributed by atoms with Crippen LogP contribution in [-0.4, -0.2) is 21.0 Å². The number of rotatable bonds is 6. The molecule has 0 aliphatic carbocycles. The van der Waals surface area contributed by atoms with E-state index >= 15 is 0 Å². The predicted molar refractivity (Wildman–Crippen MR) is 121 cm³/mol. The first-order valence-corrected chi connectivity index (χ1v) is 10.8. The Bertz CT molecular complexity index is 1080. The van der Waals surface area contributed by atoms with E-state index < -0.39 is 0 Å². The lowest BCUT2D eigenvalue weighted by atomic mass is 10.1. The fourth-order valence-corrected chi connectivity index (χ4v) is 4.13. The second kappa shape index (κ2) is 8.92. The van der Waals surface area contributed by atoms with Gasteiger partial charge in [-0.15, -0.1) is 0 Å². The van der Waals surface area contributed by atoms with Gasteiger partial charge in [0.25, 0.3) is 0 Å². The van der Waals surface area contributed by atoms with Crippen LogP contribution in [0.25, 0.3) is 11.3 Å². The number of hydrogen-bond acceptors (Lipinski definition) is 3. The van der Waals surface area contributed by atoms with Gasteiger partial charge in [0.05, 0.1) is 6.54 Å². The van der Waals surface area contributed by atoms with Gasteiger partial charge in [-0.3, -0.25) is 0 Å². The molecule has 0 atom stereocenters. The van der Waals surface area contributed by atoms with Gasteiger partial charge in [-0.25, -0.2) is 13.8 Å². The first-order chi connectivity index (χ1) is 15.0. The summed E-state index contributed by atoms with van der Waals surface area (Å²) >= 11 is 0. The van der Waals surface area contributed by atoms with Gasteiger partial charge in [-0.1, -0.05) is 32.9 Å². The van der Waals surface area contributed by atoms with Crippen molar-refractivity contribution in [3.63, 3.8) is 0 Å². The van der Waals surface area contributed by atoms with Crippen molar-refractivity contribution in [3.8, 4) is 11.3 Å². The molecule has 2 heterocycles. The molecule has 0 fully saturated rings. The van der Waals surface area contributed by atoms with E-state index in [0.29, 0.717) is 18.2 Å². The Hall–Kier alpha value is -3.15. The number of imidazole rings is 1. The van der Waals surface area contributed by atoms with Gasteiger partial charge in [0.15, 0.2) is 0 Å². The van der Waals surface area contributed by atoms with Crippen molar-refractivity contribution in [2.75, 3.05) is 11.9 Å². The molecule has 2 aromatic carbocycles. The minimum atomic E-state index is -0.302. The van der Waals surface area contributed by atoms with Crippen molar-refractivity contribution in [2.24, 2.45) is 5.92 Å². The number of nitrogens with one attached hydrogen (secondary N) is 1. The lowest BCUT2D eigenvalue weighted by molar-refractivity contribution is 0.251. The molecule has 0 saturated carbocycles. The minimum absolute atomic E-state index is 0.287. The average molecular weight is 423 g/mol. The van der Waals surface area contributed by atoms with E-state index in [9.17, 15) is 8.78 Å². The molecule has 31 heavy (non-hydrogen) atoms. The van der Waals surface area contributed by atoms with Crippen LogP contribution in [0.3, 0.4) is 0 Å². The van der Waals surface area contributed by atoms with Crippen LogP contribution < -0.4 is 5.32 Å². The van der Waals surface area contributed by atoms with Crippen LogP contribution in [0.2, 0.25) is 0 Å². The Morgan fingerprint density at radius 1 is 1.10 bits per heavy atom. The summed E-state index contributed by atoms with van der Waals surface area (Å²) in [7, 11) is 0. The topological polar surface area (TPSA) is 33.1 Å². The zero-order valence-corrected chi connectivity index (χ0v) is 18.2. The maximum absolute atomic E-state index is 13.8. The minimum Gasteiger partial charge on any atom is -0.366 e. The third-order valence-corrected chi connectivity index (χ3v) is 5.55. The van der Waals surface area contributed by atoms with Gasteiger partial charge in [0.2, 0.25) is 0 Å². The zero-order valence-electron chi connectivity index (χ0n) is 18.2. The number of nitrogens with zero attached hydrogens (tertiary/aromatic N) is 3. The standard InChI is InChI=1S/C25H28F2N4/c1-4-6-22(17(2)3)30-13-14-31-23(16-30)29-24(18-9-11-19(26)12-10-18)25(31)28-21-8-5-7-20(27)15-21/h5-12,15,17,28H,4,13-14,16H2,1-3H3/b22-6+. The van der Waals surface area contributed by atoms with Crippen LogP contribution >= 0.6 is 0 Å². The molecule has 0 unspecified atom stereocenters. The van der Waals surface area contributed by atoms with E-state index in [4.69, 9.17) is 4.98 Å². The molecule has 0 spiro atoms. The lowest BCUT2D eigenvalue weighted by Crippen LogP contribution is -2.35. The van der Waals surface area contributed by atoms with Gasteiger partial charge in [0, 0.05) is 30.0 Å². The van der Waals surface area contributed by atoms with Crippen molar-refractivity contribution in [2.45, 2.75) is 40.3 Å². The van der Waals surface area contributed by atoms with Gasteiger partial charge in [-0.05, 0) is 54.8 Å². The fraction of sp³-hybridized carbons (Fsp3) is 0.320. The molecule has 1 aliphatic heterocycles. The molecular formula is C25H28F2N4. The molecule has 6 heteroatoms. The molecule has 1 N–H and O–H groups in total. The first kappa shape index (κ1) is 21.1. The van der Waals surface area contributed by atoms with E-state index in [1.165, 1.54) is 30.0 Å². The molecule has 4 nitrogen and oxygen atoms in total. The number of fused-ring (bicyclic) bond motifs is 1. The smallest absolute Gasteiger partial charge is 0.138 e. The van der Waals surface area contributed by atoms with Crippen molar-refractivity contribution < 1.29 is 8.78 Å². The van der Waals surface area contributed by atoms with Gasteiger partial charge in [0.1, 0.15) is 29.0 Å². The Balaban J connectivity index is 1.75. The molecule has 162 valence electrons. The molecule has 0 amide bonds. The van der Waals surface area contributed by atoms with Crippen molar-refractivity contribution in [1.82, 2.24) is 14.5 Å². The summed E-state index contributed by atoms with van der Waals surface area (Å²) in [6.07, 6.45) is 3.28. The molecule has 1 aromatic heterocycles. The summed E-state index contributed by atoms with van der Waals surface area (Å²) < 4.78 is 29.4. The molecular weight excluding hydrogens is 394 g/mol. The molecule has 0 radical (unpaired) electrons. The Morgan fingerprint density at radius 3 is 2.55 bits per heavy atom. The maximum Gasteiger partial charge on any atom is 0.138 e. The van der Waals surface area contributed by atoms with Gasteiger partial charge >= 0.3 is 0 Å². The second-order valence-electron chi connectivity index (χ2n) is 8.13. The number of anilines is 2. The Kier molecular flexibility index (Phi) is 6.07. The van der Waals surface area contributed by atoms with E-state index in [0.717, 1.165) is 42.4 Å². The Labute approximate surface area is 182 Å². The first-order valence-electron chi connectivity index (χ1n) is 10.8. The highest BCUT2D eigenvalue weighted by atomic mass is 19.1. The largest absolute Gasteiger partial charge is 0.366 e. The predicted octanol–water partition coefficient (Wildman–Crippen LogP) is 6.34. The summed E-state index contributed by atoms with van der Waals surface area (Å²) in [5.41, 5.74) is 3.55. The summed E-state index contributed by atoms with van der Waals surface area (Å²) in [4.78, 5) is 7.32. The molecule has 0 saturated heterocycles. The molecule has 3 aromatic rings. The fourth-order valence-electron chi connectivity index (χ4n) is 4.13. The molecule has 4 rings (SSSR count). The van der Waals surface area contributed by atoms with E-state index in [-0.39, 0.29) is 11.6 Å². The van der Waals surface area contributed by atoms with Crippen molar-refractivity contribution >= 4 is 11.5 Å². The third kappa shape index (κ3) is 4.48. The van der Waals surface area contributed by atoms with Crippen LogP contribution in [-0.2, 0) is 13.1 Å². The van der Waals surface area contributed by atoms with Crippen LogP contribution in [0.4, 0.5) is 20.3 Å². The van der Waals surface area contributed by atoms with Gasteiger partial charge in [-0.2, -0.15) is 0 Å². The van der Waals surface area contributed by atoms with E-state index in [2.05, 4.69) is 41.6 Å². The SMILES string of the molecule is CC/C=C(\C(C)C)N1CCn2c(nc(-c3ccc(F)cc3)c2Nc2cccc(F)c2)C1. The van der Waals surface area contributed by atoms with E-state index in [1.54, 1.807) is 18.2 Å². The molecule has 0 bridgehead atoms. The summed E-state index contributed by atoms with van der Waals surface area (Å²) in [5.74, 6) is 1.58. The maximum atomic E-state index is 13.8. The Morgan fingerprint density at radius 2 is 1.87 bits per heavy atom. The summed E-state index contributed by atoms with van der Waals surface area (Å²) in [6, 6.07) is 12.7. The number of hydrogen-bond donors (Lipinski definition) is 1. The highest BCUT2D eigenvalue weighted by Crippen LogP contribution is 2.34. The zero-order chi connectivity index (χ0) is 22.0. The van der Waals surface area contributed by atoms with Crippen LogP contribution in [0.15, 0.2) is 60.3 Å². The summed E-state index contributed by atoms with van der Waals surface area (Å²) in [6.45, 7) is 8.90. The average Bonchev–Trinajstić information content (AvgIpc) is 3.10. The van der Waals surface area contributed by atoms with Crippen molar-refractivity contribution in [1.29, 1.82) is 0 Å². The van der Waals surface area contributed by atoms with Crippen LogP contribution in [0.5, 0.6) is 0 Å². The van der Waals surface area contributed by atoms with E-state index in [1.807, 2.05) is 6.07 Å². The van der Waals surface area contributed by atoms with Gasteiger partial charge < -0.3 is 14.8 Å². The monoisotopic (exact) mass is 422 g/mol.